The summed E-state index contributed by atoms with van der Waals surface area (Å²) in [7, 11) is -0.648. The second-order valence-electron chi connectivity index (χ2n) is 2.85. The zero-order valence-electron chi connectivity index (χ0n) is 6.78. The van der Waals surface area contributed by atoms with Gasteiger partial charge < -0.3 is 5.32 Å². The minimum absolute atomic E-state index is 0.0315. The van der Waals surface area contributed by atoms with Gasteiger partial charge in [-0.05, 0) is 12.8 Å². The number of nitrogens with one attached hydrogen (secondary N) is 1. The van der Waals surface area contributed by atoms with Crippen LogP contribution in [-0.4, -0.2) is 33.4 Å². The Kier molecular flexibility index (Phi) is 4.08. The fourth-order valence-electron chi connectivity index (χ4n) is 1.21. The number of thiol groups is 1. The van der Waals surface area contributed by atoms with E-state index in [9.17, 15) is 9.00 Å². The van der Waals surface area contributed by atoms with Crippen molar-refractivity contribution in [3.63, 3.8) is 0 Å². The summed E-state index contributed by atoms with van der Waals surface area (Å²) in [5, 5.41) is 2.84. The highest BCUT2D eigenvalue weighted by atomic mass is 32.2. The standard InChI is InChI=1S/C7H13NO2S2/c9-7(5-11)8-6-1-3-12(10)4-2-6/h6,11H,1-5H2,(H,8,9). The Bertz CT molecular complexity index is 186. The first-order chi connectivity index (χ1) is 5.72. The summed E-state index contributed by atoms with van der Waals surface area (Å²) in [6.07, 6.45) is 1.68. The van der Waals surface area contributed by atoms with Gasteiger partial charge in [0.05, 0.1) is 5.75 Å². The molecule has 3 nitrogen and oxygen atoms in total. The molecule has 1 saturated heterocycles. The third-order valence-corrected chi connectivity index (χ3v) is 3.57. The molecule has 0 aromatic rings. The largest absolute Gasteiger partial charge is 0.353 e. The molecule has 0 unspecified atom stereocenters. The molecule has 0 spiro atoms. The molecule has 1 aliphatic rings. The molecular formula is C7H13NO2S2. The molecule has 0 atom stereocenters. The van der Waals surface area contributed by atoms with Crippen molar-refractivity contribution in [1.82, 2.24) is 5.32 Å². The van der Waals surface area contributed by atoms with Crippen LogP contribution in [0.2, 0.25) is 0 Å². The molecule has 0 aliphatic carbocycles. The predicted octanol–water partition coefficient (Wildman–Crippen LogP) is -0.0565. The first-order valence-corrected chi connectivity index (χ1v) is 6.09. The molecule has 0 radical (unpaired) electrons. The van der Waals surface area contributed by atoms with Crippen molar-refractivity contribution in [2.75, 3.05) is 17.3 Å². The van der Waals surface area contributed by atoms with Gasteiger partial charge in [-0.1, -0.05) is 0 Å². The zero-order valence-corrected chi connectivity index (χ0v) is 8.50. The van der Waals surface area contributed by atoms with Crippen LogP contribution in [0.15, 0.2) is 0 Å². The van der Waals surface area contributed by atoms with Gasteiger partial charge in [0.15, 0.2) is 0 Å². The van der Waals surface area contributed by atoms with Crippen molar-refractivity contribution in [2.45, 2.75) is 18.9 Å². The first-order valence-electron chi connectivity index (χ1n) is 3.97. The molecule has 0 aromatic heterocycles. The fraction of sp³-hybridized carbons (Fsp3) is 0.857. The monoisotopic (exact) mass is 207 g/mol. The average Bonchev–Trinajstić information content (AvgIpc) is 2.09. The van der Waals surface area contributed by atoms with E-state index in [2.05, 4.69) is 17.9 Å². The molecule has 1 heterocycles. The normalized spacial score (nSPS) is 29.8. The minimum atomic E-state index is -0.648. The van der Waals surface area contributed by atoms with Crippen LogP contribution in [0.5, 0.6) is 0 Å². The van der Waals surface area contributed by atoms with Gasteiger partial charge in [0.2, 0.25) is 5.91 Å². The Labute approximate surface area is 80.2 Å². The van der Waals surface area contributed by atoms with E-state index in [1.165, 1.54) is 0 Å². The average molecular weight is 207 g/mol. The lowest BCUT2D eigenvalue weighted by molar-refractivity contribution is -0.119. The van der Waals surface area contributed by atoms with Crippen molar-refractivity contribution in [1.29, 1.82) is 0 Å². The second-order valence-corrected chi connectivity index (χ2v) is 4.86. The maximum atomic E-state index is 10.9. The highest BCUT2D eigenvalue weighted by molar-refractivity contribution is 7.85. The van der Waals surface area contributed by atoms with Crippen molar-refractivity contribution in [3.05, 3.63) is 0 Å². The van der Waals surface area contributed by atoms with Gasteiger partial charge in [-0.2, -0.15) is 12.6 Å². The van der Waals surface area contributed by atoms with Gasteiger partial charge in [0, 0.05) is 28.3 Å². The summed E-state index contributed by atoms with van der Waals surface area (Å²) in [5.41, 5.74) is 0. The van der Waals surface area contributed by atoms with E-state index in [1.807, 2.05) is 0 Å². The van der Waals surface area contributed by atoms with E-state index in [-0.39, 0.29) is 17.7 Å². The van der Waals surface area contributed by atoms with Gasteiger partial charge in [-0.25, -0.2) is 0 Å². The number of hydrogen-bond donors (Lipinski definition) is 2. The maximum Gasteiger partial charge on any atom is 0.229 e. The number of rotatable bonds is 2. The number of amides is 1. The lowest BCUT2D eigenvalue weighted by Gasteiger charge is -2.21. The van der Waals surface area contributed by atoms with E-state index < -0.39 is 10.8 Å². The van der Waals surface area contributed by atoms with Crippen LogP contribution in [-0.2, 0) is 15.6 Å². The van der Waals surface area contributed by atoms with Crippen LogP contribution >= 0.6 is 12.6 Å². The number of carbonyl (C=O) groups is 1. The van der Waals surface area contributed by atoms with Gasteiger partial charge >= 0.3 is 0 Å². The Morgan fingerprint density at radius 3 is 2.58 bits per heavy atom. The maximum absolute atomic E-state index is 10.9. The molecule has 12 heavy (non-hydrogen) atoms. The summed E-state index contributed by atoms with van der Waals surface area (Å²) in [6, 6.07) is 0.224. The number of carbonyl (C=O) groups excluding carboxylic acids is 1. The smallest absolute Gasteiger partial charge is 0.229 e. The van der Waals surface area contributed by atoms with Crippen molar-refractivity contribution < 1.29 is 9.00 Å². The molecule has 0 bridgehead atoms. The van der Waals surface area contributed by atoms with Gasteiger partial charge in [-0.15, -0.1) is 0 Å². The topological polar surface area (TPSA) is 46.2 Å². The lowest BCUT2D eigenvalue weighted by Crippen LogP contribution is -2.40. The molecule has 0 saturated carbocycles. The third kappa shape index (κ3) is 3.15. The molecule has 70 valence electrons. The van der Waals surface area contributed by atoms with Crippen LogP contribution in [0.3, 0.4) is 0 Å². The lowest BCUT2D eigenvalue weighted by atomic mass is 10.1. The van der Waals surface area contributed by atoms with Crippen molar-refractivity contribution in [3.8, 4) is 0 Å². The van der Waals surface area contributed by atoms with E-state index in [4.69, 9.17) is 0 Å². The molecule has 1 amide bonds. The quantitative estimate of drug-likeness (QED) is 0.623. The Balaban J connectivity index is 2.26. The van der Waals surface area contributed by atoms with Gasteiger partial charge in [0.1, 0.15) is 0 Å². The van der Waals surface area contributed by atoms with Crippen LogP contribution in [0.1, 0.15) is 12.8 Å². The van der Waals surface area contributed by atoms with E-state index in [1.54, 1.807) is 0 Å². The molecule has 5 heteroatoms. The zero-order chi connectivity index (χ0) is 8.97. The summed E-state index contributed by atoms with van der Waals surface area (Å²) in [4.78, 5) is 10.9. The summed E-state index contributed by atoms with van der Waals surface area (Å²) >= 11 is 3.86. The molecule has 0 aromatic carbocycles. The Morgan fingerprint density at radius 2 is 2.08 bits per heavy atom. The van der Waals surface area contributed by atoms with Crippen LogP contribution in [0.4, 0.5) is 0 Å². The summed E-state index contributed by atoms with van der Waals surface area (Å²) < 4.78 is 10.9. The SMILES string of the molecule is O=C(CS)NC1CCS(=O)CC1. The van der Waals surface area contributed by atoms with E-state index in [0.29, 0.717) is 0 Å². The number of hydrogen-bond acceptors (Lipinski definition) is 3. The molecule has 1 aliphatic heterocycles. The van der Waals surface area contributed by atoms with Crippen LogP contribution in [0.25, 0.3) is 0 Å². The highest BCUT2D eigenvalue weighted by Gasteiger charge is 2.18. The molecule has 1 N–H and O–H groups in total. The third-order valence-electron chi connectivity index (χ3n) is 1.90. The molecule has 1 rings (SSSR count). The van der Waals surface area contributed by atoms with Gasteiger partial charge in [-0.3, -0.25) is 9.00 Å². The summed E-state index contributed by atoms with van der Waals surface area (Å²) in [5.74, 6) is 1.64. The molecular weight excluding hydrogens is 194 g/mol. The van der Waals surface area contributed by atoms with E-state index >= 15 is 0 Å². The predicted molar refractivity (Wildman–Crippen MR) is 52.9 cm³/mol. The molecule has 1 fully saturated rings. The minimum Gasteiger partial charge on any atom is -0.353 e. The van der Waals surface area contributed by atoms with Crippen molar-refractivity contribution in [2.24, 2.45) is 0 Å². The second kappa shape index (κ2) is 4.87. The first kappa shape index (κ1) is 10.1. The van der Waals surface area contributed by atoms with Crippen LogP contribution in [0, 0.1) is 0 Å². The summed E-state index contributed by atoms with van der Waals surface area (Å²) in [6.45, 7) is 0. The Morgan fingerprint density at radius 1 is 1.50 bits per heavy atom. The van der Waals surface area contributed by atoms with Crippen molar-refractivity contribution >= 4 is 29.3 Å². The Hall–Kier alpha value is -0.0300. The fourth-order valence-corrected chi connectivity index (χ4v) is 2.60. The van der Waals surface area contributed by atoms with Crippen LogP contribution < -0.4 is 5.32 Å². The highest BCUT2D eigenvalue weighted by Crippen LogP contribution is 2.08. The van der Waals surface area contributed by atoms with Gasteiger partial charge in [0.25, 0.3) is 0 Å². The van der Waals surface area contributed by atoms with E-state index in [0.717, 1.165) is 24.3 Å².